The first-order chi connectivity index (χ1) is 11.3. The lowest BCUT2D eigenvalue weighted by Gasteiger charge is -2.33. The number of rotatable bonds is 5. The number of nitrogens with zero attached hydrogens (tertiary/aromatic N) is 3. The van der Waals surface area contributed by atoms with Gasteiger partial charge in [-0.3, -0.25) is 4.79 Å². The Morgan fingerprint density at radius 1 is 1.52 bits per heavy atom. The molecule has 0 saturated carbocycles. The summed E-state index contributed by atoms with van der Waals surface area (Å²) in [4.78, 5) is 22.6. The Morgan fingerprint density at radius 2 is 2.43 bits per heavy atom. The minimum atomic E-state index is -0.0655. The van der Waals surface area contributed by atoms with Crippen molar-refractivity contribution in [2.24, 2.45) is 0 Å². The highest BCUT2D eigenvalue weighted by molar-refractivity contribution is 5.91. The van der Waals surface area contributed by atoms with Gasteiger partial charge in [0, 0.05) is 32.3 Å². The molecule has 2 aromatic heterocycles. The smallest absolute Gasteiger partial charge is 0.289 e. The summed E-state index contributed by atoms with van der Waals surface area (Å²) >= 11 is 0. The van der Waals surface area contributed by atoms with Gasteiger partial charge in [0.15, 0.2) is 5.76 Å². The molecule has 0 spiro atoms. The molecule has 0 radical (unpaired) electrons. The predicted molar refractivity (Wildman–Crippen MR) is 84.0 cm³/mol. The van der Waals surface area contributed by atoms with E-state index >= 15 is 0 Å². The molecule has 2 aromatic rings. The lowest BCUT2D eigenvalue weighted by atomic mass is 10.1. The van der Waals surface area contributed by atoms with Gasteiger partial charge in [0.1, 0.15) is 12.1 Å². The van der Waals surface area contributed by atoms with Crippen molar-refractivity contribution >= 4 is 11.7 Å². The van der Waals surface area contributed by atoms with Crippen LogP contribution in [0.25, 0.3) is 0 Å². The van der Waals surface area contributed by atoms with Crippen molar-refractivity contribution in [1.82, 2.24) is 14.9 Å². The molecule has 1 amide bonds. The van der Waals surface area contributed by atoms with Crippen molar-refractivity contribution in [2.45, 2.75) is 25.5 Å². The number of hydrogen-bond donors (Lipinski definition) is 1. The van der Waals surface area contributed by atoms with Crippen LogP contribution >= 0.6 is 0 Å². The van der Waals surface area contributed by atoms with E-state index in [9.17, 15) is 4.79 Å². The summed E-state index contributed by atoms with van der Waals surface area (Å²) in [5.74, 6) is 1.07. The number of furan rings is 1. The van der Waals surface area contributed by atoms with Crippen LogP contribution in [0.2, 0.25) is 0 Å². The molecule has 23 heavy (non-hydrogen) atoms. The number of methoxy groups -OCH3 is 1. The Bertz CT molecular complexity index is 645. The standard InChI is InChI=1S/C16H20N4O3/c1-22-10-13-8-15(18-11-17-13)19-12-4-2-6-20(9-12)16(21)14-5-3-7-23-14/h3,5,7-8,11-12H,2,4,6,9-10H2,1H3,(H,17,18,19). The molecule has 0 aromatic carbocycles. The minimum absolute atomic E-state index is 0.0655. The second-order valence-corrected chi connectivity index (χ2v) is 5.54. The number of likely N-dealkylation sites (tertiary alicyclic amines) is 1. The molecule has 7 nitrogen and oxygen atoms in total. The molecule has 1 aliphatic rings. The summed E-state index contributed by atoms with van der Waals surface area (Å²) in [7, 11) is 1.63. The molecule has 1 unspecified atom stereocenters. The summed E-state index contributed by atoms with van der Waals surface area (Å²) in [6.45, 7) is 1.82. The topological polar surface area (TPSA) is 80.5 Å². The van der Waals surface area contributed by atoms with Crippen molar-refractivity contribution in [3.8, 4) is 0 Å². The van der Waals surface area contributed by atoms with Gasteiger partial charge in [-0.2, -0.15) is 0 Å². The number of hydrogen-bond acceptors (Lipinski definition) is 6. The minimum Gasteiger partial charge on any atom is -0.459 e. The third-order valence-corrected chi connectivity index (χ3v) is 3.81. The third-order valence-electron chi connectivity index (χ3n) is 3.81. The Hall–Kier alpha value is -2.41. The highest BCUT2D eigenvalue weighted by Gasteiger charge is 2.26. The third kappa shape index (κ3) is 3.87. The number of piperidine rings is 1. The van der Waals surface area contributed by atoms with Gasteiger partial charge in [-0.15, -0.1) is 0 Å². The highest BCUT2D eigenvalue weighted by atomic mass is 16.5. The molecule has 1 saturated heterocycles. The van der Waals surface area contributed by atoms with Gasteiger partial charge >= 0.3 is 0 Å². The molecule has 3 heterocycles. The van der Waals surface area contributed by atoms with Gasteiger partial charge in [-0.25, -0.2) is 9.97 Å². The van der Waals surface area contributed by atoms with Crippen molar-refractivity contribution in [2.75, 3.05) is 25.5 Å². The van der Waals surface area contributed by atoms with Crippen LogP contribution < -0.4 is 5.32 Å². The summed E-state index contributed by atoms with van der Waals surface area (Å²) in [6.07, 6.45) is 4.97. The molecule has 1 atom stereocenters. The Balaban J connectivity index is 1.62. The monoisotopic (exact) mass is 316 g/mol. The molecular formula is C16H20N4O3. The first kappa shape index (κ1) is 15.5. The van der Waals surface area contributed by atoms with Crippen molar-refractivity contribution in [3.05, 3.63) is 42.2 Å². The van der Waals surface area contributed by atoms with Crippen molar-refractivity contribution < 1.29 is 13.9 Å². The number of nitrogens with one attached hydrogen (secondary N) is 1. The fourth-order valence-electron chi connectivity index (χ4n) is 2.75. The first-order valence-electron chi connectivity index (χ1n) is 7.65. The van der Waals surface area contributed by atoms with Crippen LogP contribution in [0.5, 0.6) is 0 Å². The number of carbonyl (C=O) groups is 1. The highest BCUT2D eigenvalue weighted by Crippen LogP contribution is 2.17. The van der Waals surface area contributed by atoms with E-state index < -0.39 is 0 Å². The maximum absolute atomic E-state index is 12.4. The summed E-state index contributed by atoms with van der Waals surface area (Å²) in [6, 6.07) is 5.45. The largest absolute Gasteiger partial charge is 0.459 e. The molecule has 0 aliphatic carbocycles. The Morgan fingerprint density at radius 3 is 3.22 bits per heavy atom. The molecule has 1 aliphatic heterocycles. The number of anilines is 1. The second kappa shape index (κ2) is 7.23. The van der Waals surface area contributed by atoms with Gasteiger partial charge in [0.25, 0.3) is 5.91 Å². The lowest BCUT2D eigenvalue weighted by molar-refractivity contribution is 0.0682. The van der Waals surface area contributed by atoms with E-state index in [-0.39, 0.29) is 11.9 Å². The van der Waals surface area contributed by atoms with Gasteiger partial charge in [0.2, 0.25) is 0 Å². The van der Waals surface area contributed by atoms with E-state index in [1.165, 1.54) is 12.6 Å². The molecule has 7 heteroatoms. The lowest BCUT2D eigenvalue weighted by Crippen LogP contribution is -2.45. The molecule has 3 rings (SSSR count). The zero-order chi connectivity index (χ0) is 16.1. The predicted octanol–water partition coefficient (Wildman–Crippen LogP) is 1.93. The van der Waals surface area contributed by atoms with Crippen LogP contribution in [0.4, 0.5) is 5.82 Å². The Kier molecular flexibility index (Phi) is 4.87. The van der Waals surface area contributed by atoms with Crippen molar-refractivity contribution in [3.63, 3.8) is 0 Å². The quantitative estimate of drug-likeness (QED) is 0.908. The van der Waals surface area contributed by atoms with E-state index in [0.29, 0.717) is 18.9 Å². The van der Waals surface area contributed by atoms with E-state index in [0.717, 1.165) is 30.9 Å². The van der Waals surface area contributed by atoms with Crippen LogP contribution in [-0.4, -0.2) is 47.0 Å². The van der Waals surface area contributed by atoms with E-state index in [1.807, 2.05) is 11.0 Å². The van der Waals surface area contributed by atoms with Crippen LogP contribution in [0.15, 0.2) is 35.2 Å². The number of amides is 1. The molecule has 1 fully saturated rings. The Labute approximate surface area is 134 Å². The number of aromatic nitrogens is 2. The summed E-state index contributed by atoms with van der Waals surface area (Å²) < 4.78 is 10.3. The van der Waals surface area contributed by atoms with Gasteiger partial charge < -0.3 is 19.4 Å². The normalized spacial score (nSPS) is 18.0. The average Bonchev–Trinajstić information content (AvgIpc) is 3.09. The van der Waals surface area contributed by atoms with Crippen LogP contribution in [0.1, 0.15) is 29.1 Å². The van der Waals surface area contributed by atoms with E-state index in [4.69, 9.17) is 9.15 Å². The molecule has 0 bridgehead atoms. The molecular weight excluding hydrogens is 296 g/mol. The van der Waals surface area contributed by atoms with Crippen molar-refractivity contribution in [1.29, 1.82) is 0 Å². The van der Waals surface area contributed by atoms with Crippen LogP contribution in [0, 0.1) is 0 Å². The summed E-state index contributed by atoms with van der Waals surface area (Å²) in [5.41, 5.74) is 0.823. The number of carbonyl (C=O) groups excluding carboxylic acids is 1. The van der Waals surface area contributed by atoms with E-state index in [2.05, 4.69) is 15.3 Å². The van der Waals surface area contributed by atoms with Gasteiger partial charge in [0.05, 0.1) is 18.6 Å². The SMILES string of the molecule is COCc1cc(NC2CCCN(C(=O)c3ccco3)C2)ncn1. The fraction of sp³-hybridized carbons (Fsp3) is 0.438. The van der Waals surface area contributed by atoms with Gasteiger partial charge in [-0.1, -0.05) is 0 Å². The molecule has 1 N–H and O–H groups in total. The van der Waals surface area contributed by atoms with E-state index in [1.54, 1.807) is 19.2 Å². The van der Waals surface area contributed by atoms with Crippen LogP contribution in [-0.2, 0) is 11.3 Å². The maximum atomic E-state index is 12.4. The average molecular weight is 316 g/mol. The van der Waals surface area contributed by atoms with Crippen LogP contribution in [0.3, 0.4) is 0 Å². The second-order valence-electron chi connectivity index (χ2n) is 5.54. The molecule has 122 valence electrons. The number of ether oxygens (including phenoxy) is 1. The zero-order valence-electron chi connectivity index (χ0n) is 13.1. The first-order valence-corrected chi connectivity index (χ1v) is 7.65. The van der Waals surface area contributed by atoms with Gasteiger partial charge in [-0.05, 0) is 25.0 Å². The summed E-state index contributed by atoms with van der Waals surface area (Å²) in [5, 5.41) is 3.38. The maximum Gasteiger partial charge on any atom is 0.289 e. The fourth-order valence-corrected chi connectivity index (χ4v) is 2.75. The zero-order valence-corrected chi connectivity index (χ0v) is 13.1.